The summed E-state index contributed by atoms with van der Waals surface area (Å²) in [5.41, 5.74) is 1.66. The average molecular weight is 264 g/mol. The molecule has 1 aromatic heterocycles. The zero-order valence-electron chi connectivity index (χ0n) is 9.93. The van der Waals surface area contributed by atoms with Crippen LogP contribution in [0.5, 0.6) is 0 Å². The second kappa shape index (κ2) is 4.75. The molecule has 18 heavy (non-hydrogen) atoms. The Labute approximate surface area is 110 Å². The average Bonchev–Trinajstić information content (AvgIpc) is 2.77. The number of aldehydes is 1. The highest BCUT2D eigenvalue weighted by molar-refractivity contribution is 6.31. The second-order valence-electron chi connectivity index (χ2n) is 4.58. The lowest BCUT2D eigenvalue weighted by Gasteiger charge is -2.25. The Morgan fingerprint density at radius 2 is 2.22 bits per heavy atom. The molecule has 3 rings (SSSR count). The molecular weight excluding hydrogens is 250 g/mol. The van der Waals surface area contributed by atoms with Gasteiger partial charge in [-0.05, 0) is 43.5 Å². The summed E-state index contributed by atoms with van der Waals surface area (Å²) in [5.74, 6) is 0. The SMILES string of the molecule is O=Cc1cc2cc(Cl)ccc2n1C1CCCCO1. The molecule has 2 aromatic rings. The van der Waals surface area contributed by atoms with E-state index in [4.69, 9.17) is 16.3 Å². The van der Waals surface area contributed by atoms with Crippen LogP contribution in [0, 0.1) is 0 Å². The van der Waals surface area contributed by atoms with Crippen LogP contribution in [0.1, 0.15) is 36.0 Å². The van der Waals surface area contributed by atoms with Crippen LogP contribution in [-0.2, 0) is 4.74 Å². The molecule has 1 unspecified atom stereocenters. The highest BCUT2D eigenvalue weighted by Crippen LogP contribution is 2.30. The van der Waals surface area contributed by atoms with Crippen molar-refractivity contribution in [3.63, 3.8) is 0 Å². The first-order chi connectivity index (χ1) is 8.79. The van der Waals surface area contributed by atoms with Crippen molar-refractivity contribution in [1.29, 1.82) is 0 Å². The molecular formula is C14H14ClNO2. The molecule has 3 nitrogen and oxygen atoms in total. The summed E-state index contributed by atoms with van der Waals surface area (Å²) >= 11 is 5.98. The normalized spacial score (nSPS) is 20.2. The van der Waals surface area contributed by atoms with E-state index in [2.05, 4.69) is 0 Å². The highest BCUT2D eigenvalue weighted by Gasteiger charge is 2.20. The van der Waals surface area contributed by atoms with Crippen LogP contribution in [0.3, 0.4) is 0 Å². The van der Waals surface area contributed by atoms with Gasteiger partial charge in [0.15, 0.2) is 6.29 Å². The lowest BCUT2D eigenvalue weighted by molar-refractivity contribution is -0.0299. The van der Waals surface area contributed by atoms with Crippen molar-refractivity contribution in [2.45, 2.75) is 25.5 Å². The van der Waals surface area contributed by atoms with E-state index in [0.29, 0.717) is 10.7 Å². The van der Waals surface area contributed by atoms with Gasteiger partial charge in [-0.15, -0.1) is 0 Å². The minimum absolute atomic E-state index is 0.0300. The van der Waals surface area contributed by atoms with Crippen LogP contribution in [0.15, 0.2) is 24.3 Å². The van der Waals surface area contributed by atoms with Crippen molar-refractivity contribution in [1.82, 2.24) is 4.57 Å². The summed E-state index contributed by atoms with van der Waals surface area (Å²) in [6.45, 7) is 0.760. The maximum atomic E-state index is 11.2. The first-order valence-corrected chi connectivity index (χ1v) is 6.54. The molecule has 0 amide bonds. The molecule has 1 saturated heterocycles. The number of rotatable bonds is 2. The van der Waals surface area contributed by atoms with Gasteiger partial charge in [0.05, 0.1) is 11.2 Å². The van der Waals surface area contributed by atoms with E-state index < -0.39 is 0 Å². The third kappa shape index (κ3) is 1.93. The minimum atomic E-state index is -0.0300. The van der Waals surface area contributed by atoms with Crippen LogP contribution < -0.4 is 0 Å². The molecule has 1 aromatic carbocycles. The number of ether oxygens (including phenoxy) is 1. The summed E-state index contributed by atoms with van der Waals surface area (Å²) in [5, 5.41) is 1.67. The van der Waals surface area contributed by atoms with Gasteiger partial charge >= 0.3 is 0 Å². The third-order valence-corrected chi connectivity index (χ3v) is 3.63. The lowest BCUT2D eigenvalue weighted by atomic mass is 10.2. The van der Waals surface area contributed by atoms with E-state index in [0.717, 1.165) is 43.1 Å². The molecule has 1 fully saturated rings. The van der Waals surface area contributed by atoms with Crippen molar-refractivity contribution < 1.29 is 9.53 Å². The van der Waals surface area contributed by atoms with Gasteiger partial charge in [-0.1, -0.05) is 11.6 Å². The second-order valence-corrected chi connectivity index (χ2v) is 5.02. The molecule has 0 spiro atoms. The Kier molecular flexibility index (Phi) is 3.10. The molecule has 2 heterocycles. The predicted molar refractivity (Wildman–Crippen MR) is 71.2 cm³/mol. The molecule has 1 atom stereocenters. The molecule has 0 saturated carbocycles. The highest BCUT2D eigenvalue weighted by atomic mass is 35.5. The van der Waals surface area contributed by atoms with Crippen molar-refractivity contribution in [2.75, 3.05) is 6.61 Å². The van der Waals surface area contributed by atoms with Crippen molar-refractivity contribution >= 4 is 28.8 Å². The number of halogens is 1. The predicted octanol–water partition coefficient (Wildman–Crippen LogP) is 3.81. The van der Waals surface area contributed by atoms with E-state index in [-0.39, 0.29) is 6.23 Å². The number of hydrogen-bond acceptors (Lipinski definition) is 2. The van der Waals surface area contributed by atoms with Crippen molar-refractivity contribution in [3.05, 3.63) is 35.0 Å². The zero-order chi connectivity index (χ0) is 12.5. The minimum Gasteiger partial charge on any atom is -0.358 e. The topological polar surface area (TPSA) is 31.2 Å². The Bertz CT molecular complexity index is 585. The third-order valence-electron chi connectivity index (χ3n) is 3.40. The Morgan fingerprint density at radius 3 is 2.94 bits per heavy atom. The first kappa shape index (κ1) is 11.8. The fourth-order valence-electron chi connectivity index (χ4n) is 2.57. The molecule has 1 aliphatic heterocycles. The molecule has 0 radical (unpaired) electrons. The number of nitrogens with zero attached hydrogens (tertiary/aromatic N) is 1. The number of aromatic nitrogens is 1. The van der Waals surface area contributed by atoms with Gasteiger partial charge in [-0.3, -0.25) is 4.79 Å². The maximum absolute atomic E-state index is 11.2. The van der Waals surface area contributed by atoms with Gasteiger partial charge in [-0.2, -0.15) is 0 Å². The fourth-order valence-corrected chi connectivity index (χ4v) is 2.75. The van der Waals surface area contributed by atoms with Gasteiger partial charge in [0.25, 0.3) is 0 Å². The number of hydrogen-bond donors (Lipinski definition) is 0. The maximum Gasteiger partial charge on any atom is 0.166 e. The van der Waals surface area contributed by atoms with Crippen LogP contribution >= 0.6 is 11.6 Å². The zero-order valence-corrected chi connectivity index (χ0v) is 10.7. The summed E-state index contributed by atoms with van der Waals surface area (Å²) in [4.78, 5) is 11.2. The quantitative estimate of drug-likeness (QED) is 0.772. The molecule has 0 N–H and O–H groups in total. The standard InChI is InChI=1S/C14H14ClNO2/c15-11-4-5-13-10(7-11)8-12(9-17)16(13)14-3-1-2-6-18-14/h4-5,7-9,14H,1-3,6H2. The van der Waals surface area contributed by atoms with Gasteiger partial charge in [0.1, 0.15) is 6.23 Å². The summed E-state index contributed by atoms with van der Waals surface area (Å²) < 4.78 is 7.76. The van der Waals surface area contributed by atoms with Crippen molar-refractivity contribution in [2.24, 2.45) is 0 Å². The van der Waals surface area contributed by atoms with Crippen LogP contribution in [0.25, 0.3) is 10.9 Å². The smallest absolute Gasteiger partial charge is 0.166 e. The van der Waals surface area contributed by atoms with E-state index in [9.17, 15) is 4.79 Å². The molecule has 1 aliphatic rings. The van der Waals surface area contributed by atoms with Gasteiger partial charge in [0.2, 0.25) is 0 Å². The number of benzene rings is 1. The van der Waals surface area contributed by atoms with Crippen LogP contribution in [-0.4, -0.2) is 17.5 Å². The van der Waals surface area contributed by atoms with Gasteiger partial charge in [-0.25, -0.2) is 0 Å². The van der Waals surface area contributed by atoms with Gasteiger partial charge < -0.3 is 9.30 Å². The molecule has 0 bridgehead atoms. The van der Waals surface area contributed by atoms with Crippen LogP contribution in [0.2, 0.25) is 5.02 Å². The fraction of sp³-hybridized carbons (Fsp3) is 0.357. The molecule has 0 aliphatic carbocycles. The Hall–Kier alpha value is -1.32. The van der Waals surface area contributed by atoms with E-state index in [1.807, 2.05) is 28.8 Å². The van der Waals surface area contributed by atoms with E-state index in [1.165, 1.54) is 0 Å². The number of carbonyl (C=O) groups is 1. The summed E-state index contributed by atoms with van der Waals surface area (Å²) in [6, 6.07) is 7.54. The largest absolute Gasteiger partial charge is 0.358 e. The van der Waals surface area contributed by atoms with E-state index in [1.54, 1.807) is 0 Å². The Balaban J connectivity index is 2.15. The first-order valence-electron chi connectivity index (χ1n) is 6.17. The number of carbonyl (C=O) groups excluding carboxylic acids is 1. The van der Waals surface area contributed by atoms with E-state index >= 15 is 0 Å². The monoisotopic (exact) mass is 263 g/mol. The van der Waals surface area contributed by atoms with Gasteiger partial charge in [0, 0.05) is 17.0 Å². The molecule has 94 valence electrons. The summed E-state index contributed by atoms with van der Waals surface area (Å²) in [7, 11) is 0. The molecule has 4 heteroatoms. The number of fused-ring (bicyclic) bond motifs is 1. The summed E-state index contributed by atoms with van der Waals surface area (Å²) in [6.07, 6.45) is 4.03. The van der Waals surface area contributed by atoms with Crippen molar-refractivity contribution in [3.8, 4) is 0 Å². The van der Waals surface area contributed by atoms with Crippen LogP contribution in [0.4, 0.5) is 0 Å². The lowest BCUT2D eigenvalue weighted by Crippen LogP contribution is -2.19. The Morgan fingerprint density at radius 1 is 1.33 bits per heavy atom.